The molecule has 0 radical (unpaired) electrons. The van der Waals surface area contributed by atoms with Gasteiger partial charge in [0.2, 0.25) is 15.9 Å². The van der Waals surface area contributed by atoms with E-state index in [1.807, 2.05) is 30.3 Å². The van der Waals surface area contributed by atoms with Crippen LogP contribution < -0.4 is 0 Å². The van der Waals surface area contributed by atoms with Crippen molar-refractivity contribution >= 4 is 19.9 Å². The average Bonchev–Trinajstić information content (AvgIpc) is 3.08. The Morgan fingerprint density at radius 3 is 2.28 bits per heavy atom. The third kappa shape index (κ3) is 5.49. The van der Waals surface area contributed by atoms with Crippen LogP contribution in [0.2, 0.25) is 0 Å². The minimum atomic E-state index is -3.64. The molecule has 3 rings (SSSR count). The van der Waals surface area contributed by atoms with Gasteiger partial charge in [0.25, 0.3) is 0 Å². The van der Waals surface area contributed by atoms with E-state index in [4.69, 9.17) is 4.52 Å². The first-order valence-electron chi connectivity index (χ1n) is 8.73. The van der Waals surface area contributed by atoms with Gasteiger partial charge < -0.3 is 4.52 Å². The van der Waals surface area contributed by atoms with Crippen LogP contribution in [0.4, 0.5) is 0 Å². The van der Waals surface area contributed by atoms with Gasteiger partial charge in [-0.2, -0.15) is 4.98 Å². The number of nitrogens with zero attached hydrogens (tertiary/aromatic N) is 3. The van der Waals surface area contributed by atoms with Crippen molar-refractivity contribution in [3.05, 3.63) is 77.4 Å². The molecular formula is C19H21N3O5S2. The Labute approximate surface area is 170 Å². The van der Waals surface area contributed by atoms with Gasteiger partial charge in [0.1, 0.15) is 5.75 Å². The third-order valence-corrected chi connectivity index (χ3v) is 7.39. The summed E-state index contributed by atoms with van der Waals surface area (Å²) >= 11 is 0. The van der Waals surface area contributed by atoms with E-state index in [1.54, 1.807) is 6.07 Å². The Hall–Kier alpha value is -2.56. The molecule has 0 aliphatic carbocycles. The molecule has 154 valence electrons. The first-order valence-corrected chi connectivity index (χ1v) is 12.0. The Bertz CT molecular complexity index is 1190. The van der Waals surface area contributed by atoms with E-state index in [-0.39, 0.29) is 16.5 Å². The Morgan fingerprint density at radius 1 is 0.897 bits per heavy atom. The molecule has 0 unspecified atom stereocenters. The van der Waals surface area contributed by atoms with Crippen LogP contribution in [0, 0.1) is 0 Å². The lowest BCUT2D eigenvalue weighted by Crippen LogP contribution is -2.22. The summed E-state index contributed by atoms with van der Waals surface area (Å²) in [5.41, 5.74) is 1.36. The summed E-state index contributed by atoms with van der Waals surface area (Å²) in [6, 6.07) is 15.4. The molecule has 0 fully saturated rings. The lowest BCUT2D eigenvalue weighted by atomic mass is 10.1. The summed E-state index contributed by atoms with van der Waals surface area (Å²) in [5, 5.41) is 3.83. The molecule has 0 N–H and O–H groups in total. The van der Waals surface area contributed by atoms with Crippen molar-refractivity contribution in [3.63, 3.8) is 0 Å². The highest BCUT2D eigenvalue weighted by Crippen LogP contribution is 2.18. The zero-order valence-electron chi connectivity index (χ0n) is 16.0. The molecule has 0 aliphatic heterocycles. The maximum atomic E-state index is 12.5. The van der Waals surface area contributed by atoms with Crippen LogP contribution >= 0.6 is 0 Å². The maximum absolute atomic E-state index is 12.5. The maximum Gasteiger partial charge on any atom is 0.242 e. The Kier molecular flexibility index (Phi) is 6.15. The van der Waals surface area contributed by atoms with Gasteiger partial charge in [-0.1, -0.05) is 47.6 Å². The summed E-state index contributed by atoms with van der Waals surface area (Å²) in [7, 11) is -4.44. The van der Waals surface area contributed by atoms with Gasteiger partial charge in [-0.3, -0.25) is 0 Å². The van der Waals surface area contributed by atoms with Gasteiger partial charge in [-0.25, -0.2) is 21.1 Å². The molecule has 0 atom stereocenters. The molecule has 2 aromatic carbocycles. The number of aromatic nitrogens is 2. The van der Waals surface area contributed by atoms with E-state index in [9.17, 15) is 16.8 Å². The topological polar surface area (TPSA) is 110 Å². The van der Waals surface area contributed by atoms with Crippen molar-refractivity contribution < 1.29 is 21.4 Å². The second-order valence-corrected chi connectivity index (χ2v) is 11.0. The van der Waals surface area contributed by atoms with E-state index >= 15 is 0 Å². The quantitative estimate of drug-likeness (QED) is 0.532. The number of hydrogen-bond donors (Lipinski definition) is 0. The first-order chi connectivity index (χ1) is 13.7. The van der Waals surface area contributed by atoms with Crippen LogP contribution in [0.5, 0.6) is 0 Å². The summed E-state index contributed by atoms with van der Waals surface area (Å²) in [5.74, 6) is -0.340. The highest BCUT2D eigenvalue weighted by atomic mass is 32.2. The highest BCUT2D eigenvalue weighted by Gasteiger charge is 2.21. The zero-order valence-corrected chi connectivity index (χ0v) is 17.6. The summed E-state index contributed by atoms with van der Waals surface area (Å²) < 4.78 is 55.7. The van der Waals surface area contributed by atoms with E-state index in [0.29, 0.717) is 17.8 Å². The summed E-state index contributed by atoms with van der Waals surface area (Å²) in [6.07, 6.45) is 0.439. The van der Waals surface area contributed by atoms with Crippen LogP contribution in [0.1, 0.15) is 22.8 Å². The SMILES string of the molecule is CN(C)S(=O)(=O)c1cccc(CS(=O)(=O)Cc2nc(Cc3ccccc3)no2)c1. The summed E-state index contributed by atoms with van der Waals surface area (Å²) in [6.45, 7) is 0. The first kappa shape index (κ1) is 21.2. The molecule has 29 heavy (non-hydrogen) atoms. The lowest BCUT2D eigenvalue weighted by Gasteiger charge is -2.12. The third-order valence-electron chi connectivity index (χ3n) is 4.12. The normalized spacial score (nSPS) is 12.4. The fraction of sp³-hybridized carbons (Fsp3) is 0.263. The zero-order chi connectivity index (χ0) is 21.1. The van der Waals surface area contributed by atoms with Crippen LogP contribution in [0.3, 0.4) is 0 Å². The second-order valence-electron chi connectivity index (χ2n) is 6.73. The largest absolute Gasteiger partial charge is 0.338 e. The van der Waals surface area contributed by atoms with E-state index in [2.05, 4.69) is 10.1 Å². The van der Waals surface area contributed by atoms with Crippen LogP contribution in [-0.4, -0.2) is 45.4 Å². The van der Waals surface area contributed by atoms with Gasteiger partial charge in [0.05, 0.1) is 10.6 Å². The monoisotopic (exact) mass is 435 g/mol. The van der Waals surface area contributed by atoms with Crippen molar-refractivity contribution in [1.82, 2.24) is 14.4 Å². The molecule has 1 aromatic heterocycles. The number of rotatable bonds is 8. The molecule has 0 saturated carbocycles. The van der Waals surface area contributed by atoms with Crippen molar-refractivity contribution in [3.8, 4) is 0 Å². The minimum absolute atomic E-state index is 0.00741. The number of benzene rings is 2. The number of hydrogen-bond acceptors (Lipinski definition) is 7. The highest BCUT2D eigenvalue weighted by molar-refractivity contribution is 7.90. The van der Waals surface area contributed by atoms with Crippen LogP contribution in [0.25, 0.3) is 0 Å². The molecular weight excluding hydrogens is 414 g/mol. The molecule has 0 spiro atoms. The number of sulfonamides is 1. The predicted molar refractivity (Wildman–Crippen MR) is 107 cm³/mol. The summed E-state index contributed by atoms with van der Waals surface area (Å²) in [4.78, 5) is 4.19. The lowest BCUT2D eigenvalue weighted by molar-refractivity contribution is 0.383. The van der Waals surface area contributed by atoms with E-state index in [0.717, 1.165) is 9.87 Å². The fourth-order valence-corrected chi connectivity index (χ4v) is 4.95. The molecule has 10 heteroatoms. The molecule has 0 amide bonds. The van der Waals surface area contributed by atoms with Gasteiger partial charge in [-0.15, -0.1) is 0 Å². The van der Waals surface area contributed by atoms with Crippen LogP contribution in [-0.2, 0) is 37.8 Å². The Balaban J connectivity index is 1.71. The van der Waals surface area contributed by atoms with Crippen molar-refractivity contribution in [2.45, 2.75) is 22.8 Å². The van der Waals surface area contributed by atoms with Crippen molar-refractivity contribution in [1.29, 1.82) is 0 Å². The van der Waals surface area contributed by atoms with Crippen molar-refractivity contribution in [2.75, 3.05) is 14.1 Å². The van der Waals surface area contributed by atoms with Crippen LogP contribution in [0.15, 0.2) is 64.0 Å². The molecule has 1 heterocycles. The molecule has 8 nitrogen and oxygen atoms in total. The molecule has 0 saturated heterocycles. The van der Waals surface area contributed by atoms with Gasteiger partial charge in [0, 0.05) is 20.5 Å². The van der Waals surface area contributed by atoms with Gasteiger partial charge in [0.15, 0.2) is 15.7 Å². The van der Waals surface area contributed by atoms with Gasteiger partial charge in [-0.05, 0) is 23.3 Å². The molecule has 0 aliphatic rings. The smallest absolute Gasteiger partial charge is 0.242 e. The Morgan fingerprint density at radius 2 is 1.59 bits per heavy atom. The van der Waals surface area contributed by atoms with Crippen molar-refractivity contribution in [2.24, 2.45) is 0 Å². The molecule has 3 aromatic rings. The van der Waals surface area contributed by atoms with E-state index < -0.39 is 25.6 Å². The fourth-order valence-electron chi connectivity index (χ4n) is 2.70. The predicted octanol–water partition coefficient (Wildman–Crippen LogP) is 2.03. The van der Waals surface area contributed by atoms with E-state index in [1.165, 1.54) is 32.3 Å². The number of sulfone groups is 1. The minimum Gasteiger partial charge on any atom is -0.338 e. The van der Waals surface area contributed by atoms with Gasteiger partial charge >= 0.3 is 0 Å². The average molecular weight is 436 g/mol. The second kappa shape index (κ2) is 8.44. The molecule has 0 bridgehead atoms. The standard InChI is InChI=1S/C19H21N3O5S2/c1-22(2)29(25,26)17-10-6-9-16(11-17)13-28(23,24)14-19-20-18(21-27-19)12-15-7-4-3-5-8-15/h3-11H,12-14H2,1-2H3.